The van der Waals surface area contributed by atoms with Gasteiger partial charge < -0.3 is 19.7 Å². The smallest absolute Gasteiger partial charge is 0.335 e. The molecule has 0 spiro atoms. The third-order valence-electron chi connectivity index (χ3n) is 3.10. The molecule has 0 aliphatic carbocycles. The van der Waals surface area contributed by atoms with Crippen LogP contribution in [-0.2, 0) is 0 Å². The number of anilines is 1. The zero-order chi connectivity index (χ0) is 15.6. The first-order chi connectivity index (χ1) is 9.77. The van der Waals surface area contributed by atoms with Crippen LogP contribution in [0.1, 0.15) is 24.2 Å². The van der Waals surface area contributed by atoms with Gasteiger partial charge in [0.05, 0.1) is 5.56 Å². The molecule has 1 aromatic carbocycles. The highest BCUT2D eigenvalue weighted by Gasteiger charge is 2.20. The summed E-state index contributed by atoms with van der Waals surface area (Å²) in [7, 11) is 4.07. The quantitative estimate of drug-likeness (QED) is 0.851. The van der Waals surface area contributed by atoms with E-state index in [-0.39, 0.29) is 11.0 Å². The van der Waals surface area contributed by atoms with Gasteiger partial charge in [0.25, 0.3) is 6.01 Å². The Bertz CT molecular complexity index is 647. The van der Waals surface area contributed by atoms with E-state index >= 15 is 0 Å². The number of nitrogens with one attached hydrogen (secondary N) is 1. The number of fused-ring (bicyclic) bond motifs is 1. The zero-order valence-electron chi connectivity index (χ0n) is 12.8. The second-order valence-corrected chi connectivity index (χ2v) is 6.26. The van der Waals surface area contributed by atoms with E-state index < -0.39 is 5.97 Å². The van der Waals surface area contributed by atoms with Gasteiger partial charge in [-0.05, 0) is 37.7 Å². The normalized spacial score (nSPS) is 12.0. The van der Waals surface area contributed by atoms with Gasteiger partial charge in [0.2, 0.25) is 0 Å². The Morgan fingerprint density at radius 3 is 2.76 bits per heavy atom. The van der Waals surface area contributed by atoms with Crippen molar-refractivity contribution < 1.29 is 14.3 Å². The van der Waals surface area contributed by atoms with Gasteiger partial charge >= 0.3 is 5.97 Å². The molecular formula is C15H21N3O3. The highest BCUT2D eigenvalue weighted by atomic mass is 16.4. The predicted molar refractivity (Wildman–Crippen MR) is 81.8 cm³/mol. The summed E-state index contributed by atoms with van der Waals surface area (Å²) in [6.45, 7) is 5.96. The molecule has 6 heteroatoms. The molecule has 21 heavy (non-hydrogen) atoms. The molecule has 2 rings (SSSR count). The predicted octanol–water partition coefficient (Wildman–Crippen LogP) is 2.53. The molecule has 2 N–H and O–H groups in total. The molecule has 2 aromatic rings. The minimum absolute atomic E-state index is 0.0659. The highest BCUT2D eigenvalue weighted by Crippen LogP contribution is 2.22. The second-order valence-electron chi connectivity index (χ2n) is 6.26. The first-order valence-electron chi connectivity index (χ1n) is 6.79. The lowest BCUT2D eigenvalue weighted by Gasteiger charge is -2.27. The lowest BCUT2D eigenvalue weighted by Crippen LogP contribution is -2.34. The van der Waals surface area contributed by atoms with Crippen molar-refractivity contribution in [3.8, 4) is 0 Å². The summed E-state index contributed by atoms with van der Waals surface area (Å²) >= 11 is 0. The van der Waals surface area contributed by atoms with E-state index in [9.17, 15) is 4.79 Å². The summed E-state index contributed by atoms with van der Waals surface area (Å²) in [5.41, 5.74) is 1.38. The Hall–Kier alpha value is -2.08. The number of hydrogen-bond donors (Lipinski definition) is 2. The van der Waals surface area contributed by atoms with E-state index in [1.807, 2.05) is 14.1 Å². The van der Waals surface area contributed by atoms with Crippen molar-refractivity contribution in [1.29, 1.82) is 0 Å². The topological polar surface area (TPSA) is 78.6 Å². The zero-order valence-corrected chi connectivity index (χ0v) is 12.8. The van der Waals surface area contributed by atoms with Crippen molar-refractivity contribution in [2.24, 2.45) is 5.41 Å². The van der Waals surface area contributed by atoms with Crippen LogP contribution in [0.3, 0.4) is 0 Å². The Morgan fingerprint density at radius 2 is 2.14 bits per heavy atom. The number of carboxylic acid groups (broad SMARTS) is 1. The fourth-order valence-electron chi connectivity index (χ4n) is 2.36. The molecule has 114 valence electrons. The number of rotatable bonds is 6. The van der Waals surface area contributed by atoms with E-state index in [1.54, 1.807) is 6.07 Å². The molecule has 0 saturated heterocycles. The molecule has 0 fully saturated rings. The Balaban J connectivity index is 2.11. The maximum absolute atomic E-state index is 10.9. The molecular weight excluding hydrogens is 270 g/mol. The maximum Gasteiger partial charge on any atom is 0.335 e. The average Bonchev–Trinajstić information content (AvgIpc) is 2.76. The molecule has 0 atom stereocenters. The molecule has 0 radical (unpaired) electrons. The van der Waals surface area contributed by atoms with E-state index in [1.165, 1.54) is 12.1 Å². The average molecular weight is 291 g/mol. The molecule has 1 heterocycles. The van der Waals surface area contributed by atoms with Crippen molar-refractivity contribution in [2.45, 2.75) is 13.8 Å². The minimum Gasteiger partial charge on any atom is -0.478 e. The Labute approximate surface area is 123 Å². The molecule has 0 amide bonds. The first-order valence-corrected chi connectivity index (χ1v) is 6.79. The van der Waals surface area contributed by atoms with Crippen molar-refractivity contribution in [3.63, 3.8) is 0 Å². The number of aromatic nitrogens is 1. The highest BCUT2D eigenvalue weighted by molar-refractivity contribution is 5.92. The monoisotopic (exact) mass is 291 g/mol. The van der Waals surface area contributed by atoms with Gasteiger partial charge in [-0.3, -0.25) is 0 Å². The van der Waals surface area contributed by atoms with Crippen molar-refractivity contribution in [2.75, 3.05) is 32.5 Å². The number of carboxylic acids is 1. The second kappa shape index (κ2) is 5.73. The van der Waals surface area contributed by atoms with Crippen LogP contribution >= 0.6 is 0 Å². The molecule has 0 saturated carbocycles. The summed E-state index contributed by atoms with van der Waals surface area (Å²) in [6.07, 6.45) is 0. The Morgan fingerprint density at radius 1 is 1.43 bits per heavy atom. The number of hydrogen-bond acceptors (Lipinski definition) is 5. The lowest BCUT2D eigenvalue weighted by atomic mass is 9.93. The molecule has 0 bridgehead atoms. The van der Waals surface area contributed by atoms with Crippen LogP contribution in [0, 0.1) is 5.41 Å². The van der Waals surface area contributed by atoms with Crippen molar-refractivity contribution >= 4 is 23.1 Å². The molecule has 0 aliphatic heterocycles. The van der Waals surface area contributed by atoms with Gasteiger partial charge in [0.1, 0.15) is 5.52 Å². The van der Waals surface area contributed by atoms with Gasteiger partial charge in [-0.2, -0.15) is 4.98 Å². The van der Waals surface area contributed by atoms with E-state index in [4.69, 9.17) is 9.52 Å². The van der Waals surface area contributed by atoms with Gasteiger partial charge in [-0.1, -0.05) is 13.8 Å². The molecule has 1 aromatic heterocycles. The minimum atomic E-state index is -0.977. The van der Waals surface area contributed by atoms with E-state index in [0.29, 0.717) is 23.7 Å². The van der Waals surface area contributed by atoms with Crippen LogP contribution in [0.25, 0.3) is 11.1 Å². The Kier molecular flexibility index (Phi) is 4.18. The van der Waals surface area contributed by atoms with Crippen molar-refractivity contribution in [1.82, 2.24) is 9.88 Å². The number of carbonyl (C=O) groups is 1. The summed E-state index contributed by atoms with van der Waals surface area (Å²) in [5, 5.41) is 12.1. The van der Waals surface area contributed by atoms with Crippen LogP contribution in [-0.4, -0.2) is 48.1 Å². The van der Waals surface area contributed by atoms with Crippen molar-refractivity contribution in [3.05, 3.63) is 23.8 Å². The maximum atomic E-state index is 10.9. The van der Waals surface area contributed by atoms with Crippen LogP contribution in [0.4, 0.5) is 6.01 Å². The van der Waals surface area contributed by atoms with Crippen LogP contribution in [0.2, 0.25) is 0 Å². The van der Waals surface area contributed by atoms with E-state index in [0.717, 1.165) is 6.54 Å². The van der Waals surface area contributed by atoms with Crippen LogP contribution < -0.4 is 5.32 Å². The molecule has 0 unspecified atom stereocenters. The largest absolute Gasteiger partial charge is 0.478 e. The fraction of sp³-hybridized carbons (Fsp3) is 0.467. The van der Waals surface area contributed by atoms with Crippen LogP contribution in [0.5, 0.6) is 0 Å². The molecule has 6 nitrogen and oxygen atoms in total. The van der Waals surface area contributed by atoms with Gasteiger partial charge in [-0.25, -0.2) is 4.79 Å². The van der Waals surface area contributed by atoms with E-state index in [2.05, 4.69) is 29.0 Å². The summed E-state index contributed by atoms with van der Waals surface area (Å²) < 4.78 is 5.56. The number of nitrogens with zero attached hydrogens (tertiary/aromatic N) is 2. The van der Waals surface area contributed by atoms with Gasteiger partial charge in [-0.15, -0.1) is 0 Å². The number of oxazole rings is 1. The fourth-order valence-corrected chi connectivity index (χ4v) is 2.36. The van der Waals surface area contributed by atoms with Gasteiger partial charge in [0.15, 0.2) is 5.58 Å². The van der Waals surface area contributed by atoms with Crippen LogP contribution in [0.15, 0.2) is 22.6 Å². The number of aromatic carboxylic acids is 1. The number of benzene rings is 1. The first kappa shape index (κ1) is 15.3. The van der Waals surface area contributed by atoms with Gasteiger partial charge in [0, 0.05) is 13.1 Å². The third-order valence-corrected chi connectivity index (χ3v) is 3.10. The lowest BCUT2D eigenvalue weighted by molar-refractivity contribution is 0.0697. The summed E-state index contributed by atoms with van der Waals surface area (Å²) in [6, 6.07) is 5.07. The SMILES string of the molecule is CN(C)CC(C)(C)CNc1nc2ccc(C(=O)O)cc2o1. The summed E-state index contributed by atoms with van der Waals surface area (Å²) in [5.74, 6) is -0.977. The summed E-state index contributed by atoms with van der Waals surface area (Å²) in [4.78, 5) is 17.4. The third kappa shape index (κ3) is 3.95. The standard InChI is InChI=1S/C15H21N3O3/c1-15(2,9-18(3)4)8-16-14-17-11-6-5-10(13(19)20)7-12(11)21-14/h5-7H,8-9H2,1-4H3,(H,16,17)(H,19,20). The molecule has 0 aliphatic rings.